The lowest BCUT2D eigenvalue weighted by atomic mass is 10.2. The summed E-state index contributed by atoms with van der Waals surface area (Å²) in [6.07, 6.45) is 0.982. The van der Waals surface area contributed by atoms with Crippen LogP contribution in [0.4, 0.5) is 0 Å². The summed E-state index contributed by atoms with van der Waals surface area (Å²) >= 11 is 0. The summed E-state index contributed by atoms with van der Waals surface area (Å²) in [5.74, 6) is 0.0129. The lowest BCUT2D eigenvalue weighted by molar-refractivity contribution is -0.123. The number of ether oxygens (including phenoxy) is 2. The van der Waals surface area contributed by atoms with Crippen LogP contribution in [-0.4, -0.2) is 51.5 Å². The van der Waals surface area contributed by atoms with Gasteiger partial charge in [-0.2, -0.15) is 0 Å². The van der Waals surface area contributed by atoms with Gasteiger partial charge in [-0.3, -0.25) is 4.79 Å². The van der Waals surface area contributed by atoms with E-state index in [-0.39, 0.29) is 11.9 Å². The lowest BCUT2D eigenvalue weighted by Gasteiger charge is -2.17. The minimum absolute atomic E-state index is 0.0129. The summed E-state index contributed by atoms with van der Waals surface area (Å²) in [5.41, 5.74) is 0. The molecule has 0 spiro atoms. The van der Waals surface area contributed by atoms with Gasteiger partial charge in [-0.1, -0.05) is 0 Å². The highest BCUT2D eigenvalue weighted by Gasteiger charge is 2.20. The molecule has 1 aliphatic heterocycles. The Morgan fingerprint density at radius 1 is 1.67 bits per heavy atom. The molecule has 1 aliphatic rings. The number of hydrogen-bond acceptors (Lipinski definition) is 4. The van der Waals surface area contributed by atoms with Crippen LogP contribution in [0.3, 0.4) is 0 Å². The number of carbonyl (C=O) groups is 1. The van der Waals surface area contributed by atoms with E-state index in [1.54, 1.807) is 7.11 Å². The fourth-order valence-corrected chi connectivity index (χ4v) is 1.52. The molecule has 5 nitrogen and oxygen atoms in total. The molecular formula is C10H20N2O3. The first-order chi connectivity index (χ1) is 7.24. The maximum Gasteiger partial charge on any atom is 0.236 e. The number of hydrogen-bond donors (Lipinski definition) is 2. The Kier molecular flexibility index (Phi) is 5.60. The maximum atomic E-state index is 11.5. The molecule has 2 atom stereocenters. The molecule has 1 saturated heterocycles. The van der Waals surface area contributed by atoms with Crippen LogP contribution in [0, 0.1) is 0 Å². The van der Waals surface area contributed by atoms with Crippen molar-refractivity contribution >= 4 is 5.91 Å². The van der Waals surface area contributed by atoms with E-state index < -0.39 is 0 Å². The minimum Gasteiger partial charge on any atom is -0.383 e. The molecule has 0 aromatic heterocycles. The van der Waals surface area contributed by atoms with Crippen molar-refractivity contribution in [1.29, 1.82) is 0 Å². The van der Waals surface area contributed by atoms with E-state index in [4.69, 9.17) is 9.47 Å². The van der Waals surface area contributed by atoms with E-state index in [0.717, 1.165) is 13.0 Å². The highest BCUT2D eigenvalue weighted by Crippen LogP contribution is 2.04. The number of nitrogens with one attached hydrogen (secondary N) is 2. The van der Waals surface area contributed by atoms with Gasteiger partial charge in [-0.15, -0.1) is 0 Å². The number of amides is 1. The number of rotatable bonds is 6. The summed E-state index contributed by atoms with van der Waals surface area (Å²) in [7, 11) is 1.61. The Hall–Kier alpha value is -0.650. The molecule has 0 aromatic carbocycles. The first-order valence-electron chi connectivity index (χ1n) is 5.34. The predicted octanol–water partition coefficient (Wildman–Crippen LogP) is -0.484. The second-order valence-electron chi connectivity index (χ2n) is 3.73. The Balaban J connectivity index is 2.14. The Labute approximate surface area is 90.5 Å². The molecule has 0 radical (unpaired) electrons. The minimum atomic E-state index is -0.173. The van der Waals surface area contributed by atoms with Gasteiger partial charge in [0, 0.05) is 26.3 Å². The van der Waals surface area contributed by atoms with Crippen LogP contribution in [0.2, 0.25) is 0 Å². The van der Waals surface area contributed by atoms with Gasteiger partial charge in [0.15, 0.2) is 0 Å². The monoisotopic (exact) mass is 216 g/mol. The van der Waals surface area contributed by atoms with Gasteiger partial charge < -0.3 is 20.1 Å². The summed E-state index contributed by atoms with van der Waals surface area (Å²) in [6, 6.07) is 0.140. The highest BCUT2D eigenvalue weighted by molar-refractivity contribution is 5.81. The molecule has 1 amide bonds. The standard InChI is InChI=1S/C10H20N2O3/c1-8(10(13)11-4-6-14-2)12-9-3-5-15-7-9/h8-9,12H,3-7H2,1-2H3,(H,11,13). The zero-order valence-electron chi connectivity index (χ0n) is 9.41. The maximum absolute atomic E-state index is 11.5. The summed E-state index contributed by atoms with van der Waals surface area (Å²) in [5, 5.41) is 6.02. The summed E-state index contributed by atoms with van der Waals surface area (Å²) in [4.78, 5) is 11.5. The highest BCUT2D eigenvalue weighted by atomic mass is 16.5. The van der Waals surface area contributed by atoms with Gasteiger partial charge in [-0.05, 0) is 13.3 Å². The molecular weight excluding hydrogens is 196 g/mol. The first-order valence-corrected chi connectivity index (χ1v) is 5.34. The summed E-state index contributed by atoms with van der Waals surface area (Å²) < 4.78 is 10.1. The average molecular weight is 216 g/mol. The molecule has 2 N–H and O–H groups in total. The molecule has 0 bridgehead atoms. The van der Waals surface area contributed by atoms with E-state index in [2.05, 4.69) is 10.6 Å². The second kappa shape index (κ2) is 6.76. The fourth-order valence-electron chi connectivity index (χ4n) is 1.52. The van der Waals surface area contributed by atoms with E-state index in [1.165, 1.54) is 0 Å². The van der Waals surface area contributed by atoms with Crippen molar-refractivity contribution < 1.29 is 14.3 Å². The van der Waals surface area contributed by atoms with Crippen LogP contribution in [0.1, 0.15) is 13.3 Å². The van der Waals surface area contributed by atoms with Crippen LogP contribution in [0.15, 0.2) is 0 Å². The Morgan fingerprint density at radius 2 is 2.47 bits per heavy atom. The van der Waals surface area contributed by atoms with Gasteiger partial charge in [0.25, 0.3) is 0 Å². The zero-order valence-corrected chi connectivity index (χ0v) is 9.41. The van der Waals surface area contributed by atoms with Crippen molar-refractivity contribution in [2.75, 3.05) is 33.5 Å². The Bertz CT molecular complexity index is 193. The molecule has 0 aliphatic carbocycles. The van der Waals surface area contributed by atoms with Crippen molar-refractivity contribution in [3.8, 4) is 0 Å². The van der Waals surface area contributed by atoms with Crippen LogP contribution in [0.5, 0.6) is 0 Å². The largest absolute Gasteiger partial charge is 0.383 e. The van der Waals surface area contributed by atoms with Crippen LogP contribution in [0.25, 0.3) is 0 Å². The van der Waals surface area contributed by atoms with Crippen molar-refractivity contribution in [3.05, 3.63) is 0 Å². The third-order valence-electron chi connectivity index (χ3n) is 2.41. The third-order valence-corrected chi connectivity index (χ3v) is 2.41. The topological polar surface area (TPSA) is 59.6 Å². The molecule has 1 fully saturated rings. The van der Waals surface area contributed by atoms with Crippen molar-refractivity contribution in [3.63, 3.8) is 0 Å². The van der Waals surface area contributed by atoms with Crippen LogP contribution >= 0.6 is 0 Å². The van der Waals surface area contributed by atoms with E-state index >= 15 is 0 Å². The predicted molar refractivity (Wildman–Crippen MR) is 56.7 cm³/mol. The SMILES string of the molecule is COCCNC(=O)C(C)NC1CCOC1. The smallest absolute Gasteiger partial charge is 0.236 e. The van der Waals surface area contributed by atoms with E-state index in [0.29, 0.717) is 25.8 Å². The average Bonchev–Trinajstić information content (AvgIpc) is 2.70. The van der Waals surface area contributed by atoms with Gasteiger partial charge in [-0.25, -0.2) is 0 Å². The first kappa shape index (κ1) is 12.4. The Morgan fingerprint density at radius 3 is 3.07 bits per heavy atom. The number of carbonyl (C=O) groups excluding carboxylic acids is 1. The van der Waals surface area contributed by atoms with Crippen molar-refractivity contribution in [1.82, 2.24) is 10.6 Å². The summed E-state index contributed by atoms with van der Waals surface area (Å²) in [6.45, 7) is 4.46. The van der Waals surface area contributed by atoms with Crippen molar-refractivity contribution in [2.45, 2.75) is 25.4 Å². The van der Waals surface area contributed by atoms with Crippen LogP contribution < -0.4 is 10.6 Å². The molecule has 15 heavy (non-hydrogen) atoms. The van der Waals surface area contributed by atoms with Gasteiger partial charge in [0.1, 0.15) is 0 Å². The fraction of sp³-hybridized carbons (Fsp3) is 0.900. The zero-order chi connectivity index (χ0) is 11.1. The molecule has 1 rings (SSSR count). The number of methoxy groups -OCH3 is 1. The molecule has 5 heteroatoms. The molecule has 0 saturated carbocycles. The molecule has 88 valence electrons. The second-order valence-corrected chi connectivity index (χ2v) is 3.73. The van der Waals surface area contributed by atoms with E-state index in [9.17, 15) is 4.79 Å². The van der Waals surface area contributed by atoms with Gasteiger partial charge >= 0.3 is 0 Å². The van der Waals surface area contributed by atoms with Crippen LogP contribution in [-0.2, 0) is 14.3 Å². The van der Waals surface area contributed by atoms with Gasteiger partial charge in [0.05, 0.1) is 19.3 Å². The molecule has 1 heterocycles. The molecule has 0 aromatic rings. The quantitative estimate of drug-likeness (QED) is 0.589. The van der Waals surface area contributed by atoms with Crippen molar-refractivity contribution in [2.24, 2.45) is 0 Å². The van der Waals surface area contributed by atoms with Gasteiger partial charge in [0.2, 0.25) is 5.91 Å². The van der Waals surface area contributed by atoms with E-state index in [1.807, 2.05) is 6.92 Å². The lowest BCUT2D eigenvalue weighted by Crippen LogP contribution is -2.47. The molecule has 2 unspecified atom stereocenters. The normalized spacial score (nSPS) is 22.7. The third kappa shape index (κ3) is 4.59.